The van der Waals surface area contributed by atoms with Crippen LogP contribution in [0, 0.1) is 12.8 Å². The maximum atomic E-state index is 4.34. The van der Waals surface area contributed by atoms with E-state index >= 15 is 0 Å². The van der Waals surface area contributed by atoms with Crippen molar-refractivity contribution in [2.24, 2.45) is 5.92 Å². The van der Waals surface area contributed by atoms with Crippen LogP contribution in [0.4, 0.5) is 5.82 Å². The normalized spacial score (nSPS) is 18.2. The number of anilines is 1. The van der Waals surface area contributed by atoms with E-state index in [1.54, 1.807) is 0 Å². The van der Waals surface area contributed by atoms with E-state index in [-0.39, 0.29) is 0 Å². The minimum Gasteiger partial charge on any atom is -0.369 e. The number of likely N-dealkylation sites (tertiary alicyclic amines) is 1. The predicted octanol–water partition coefficient (Wildman–Crippen LogP) is 2.53. The molecular weight excluding hydrogens is 210 g/mol. The number of hydrogen-bond donors (Lipinski definition) is 1. The molecule has 0 radical (unpaired) electrons. The summed E-state index contributed by atoms with van der Waals surface area (Å²) in [6, 6.07) is 4.07. The highest BCUT2D eigenvalue weighted by Crippen LogP contribution is 2.15. The third-order valence-corrected chi connectivity index (χ3v) is 3.61. The Morgan fingerprint density at radius 2 is 2.18 bits per heavy atom. The van der Waals surface area contributed by atoms with E-state index in [0.717, 1.165) is 24.8 Å². The Morgan fingerprint density at radius 1 is 1.41 bits per heavy atom. The largest absolute Gasteiger partial charge is 0.369 e. The van der Waals surface area contributed by atoms with Gasteiger partial charge in [0.25, 0.3) is 0 Å². The summed E-state index contributed by atoms with van der Waals surface area (Å²) in [6.45, 7) is 9.08. The number of nitrogens with zero attached hydrogens (tertiary/aromatic N) is 2. The smallest absolute Gasteiger partial charge is 0.128 e. The molecule has 1 aliphatic rings. The third-order valence-electron chi connectivity index (χ3n) is 3.61. The lowest BCUT2D eigenvalue weighted by molar-refractivity contribution is 0.199. The monoisotopic (exact) mass is 233 g/mol. The van der Waals surface area contributed by atoms with Crippen molar-refractivity contribution in [3.05, 3.63) is 23.9 Å². The molecular formula is C14H23N3. The van der Waals surface area contributed by atoms with Gasteiger partial charge >= 0.3 is 0 Å². The molecule has 1 saturated heterocycles. The second kappa shape index (κ2) is 6.01. The molecule has 0 aromatic carbocycles. The molecule has 17 heavy (non-hydrogen) atoms. The minimum absolute atomic E-state index is 0.914. The first-order valence-corrected chi connectivity index (χ1v) is 6.63. The van der Waals surface area contributed by atoms with Crippen LogP contribution in [0.1, 0.15) is 25.3 Å². The van der Waals surface area contributed by atoms with Gasteiger partial charge in [-0.2, -0.15) is 0 Å². The summed E-state index contributed by atoms with van der Waals surface area (Å²) >= 11 is 0. The summed E-state index contributed by atoms with van der Waals surface area (Å²) in [7, 11) is 0. The van der Waals surface area contributed by atoms with E-state index in [4.69, 9.17) is 0 Å². The zero-order valence-electron chi connectivity index (χ0n) is 10.9. The molecule has 0 saturated carbocycles. The van der Waals surface area contributed by atoms with Gasteiger partial charge < -0.3 is 10.2 Å². The molecule has 1 aromatic rings. The van der Waals surface area contributed by atoms with Crippen LogP contribution in [0.25, 0.3) is 0 Å². The van der Waals surface area contributed by atoms with Crippen LogP contribution in [0.3, 0.4) is 0 Å². The van der Waals surface area contributed by atoms with Gasteiger partial charge in [0.05, 0.1) is 0 Å². The summed E-state index contributed by atoms with van der Waals surface area (Å²) in [4.78, 5) is 6.89. The molecule has 0 bridgehead atoms. The summed E-state index contributed by atoms with van der Waals surface area (Å²) in [6.07, 6.45) is 4.54. The van der Waals surface area contributed by atoms with Crippen LogP contribution in [-0.4, -0.2) is 36.1 Å². The van der Waals surface area contributed by atoms with Crippen molar-refractivity contribution in [2.45, 2.75) is 26.7 Å². The van der Waals surface area contributed by atoms with Gasteiger partial charge in [0, 0.05) is 19.3 Å². The number of pyridine rings is 1. The lowest BCUT2D eigenvalue weighted by atomic mass is 9.99. The van der Waals surface area contributed by atoms with Gasteiger partial charge in [-0.15, -0.1) is 0 Å². The van der Waals surface area contributed by atoms with Gasteiger partial charge in [0.2, 0.25) is 0 Å². The van der Waals surface area contributed by atoms with E-state index in [2.05, 4.69) is 35.1 Å². The standard InChI is InChI=1S/C14H23N3/c1-12-5-9-17(10-6-12)11-8-16-14-13(2)4-3-7-15-14/h3-4,7,12H,5-6,8-11H2,1-2H3,(H,15,16). The molecule has 0 spiro atoms. The highest BCUT2D eigenvalue weighted by Gasteiger charge is 2.14. The van der Waals surface area contributed by atoms with Crippen molar-refractivity contribution < 1.29 is 0 Å². The molecule has 3 nitrogen and oxygen atoms in total. The SMILES string of the molecule is Cc1cccnc1NCCN1CCC(C)CC1. The zero-order chi connectivity index (χ0) is 12.1. The number of aryl methyl sites for hydroxylation is 1. The molecule has 1 fully saturated rings. The molecule has 0 amide bonds. The maximum absolute atomic E-state index is 4.34. The molecule has 94 valence electrons. The van der Waals surface area contributed by atoms with E-state index in [1.165, 1.54) is 31.5 Å². The first-order valence-electron chi connectivity index (χ1n) is 6.63. The van der Waals surface area contributed by atoms with Crippen LogP contribution < -0.4 is 5.32 Å². The van der Waals surface area contributed by atoms with Crippen LogP contribution in [0.2, 0.25) is 0 Å². The Balaban J connectivity index is 1.71. The fraction of sp³-hybridized carbons (Fsp3) is 0.643. The molecule has 0 unspecified atom stereocenters. The average Bonchev–Trinajstić information content (AvgIpc) is 2.34. The van der Waals surface area contributed by atoms with Crippen molar-refractivity contribution in [3.8, 4) is 0 Å². The van der Waals surface area contributed by atoms with Crippen molar-refractivity contribution in [1.82, 2.24) is 9.88 Å². The Hall–Kier alpha value is -1.09. The maximum Gasteiger partial charge on any atom is 0.128 e. The number of rotatable bonds is 4. The van der Waals surface area contributed by atoms with Crippen LogP contribution in [0.15, 0.2) is 18.3 Å². The van der Waals surface area contributed by atoms with Gasteiger partial charge in [0.1, 0.15) is 5.82 Å². The minimum atomic E-state index is 0.914. The summed E-state index contributed by atoms with van der Waals surface area (Å²) in [5.41, 5.74) is 1.22. The van der Waals surface area contributed by atoms with E-state index < -0.39 is 0 Å². The predicted molar refractivity (Wildman–Crippen MR) is 72.3 cm³/mol. The van der Waals surface area contributed by atoms with Gasteiger partial charge in [-0.05, 0) is 50.4 Å². The van der Waals surface area contributed by atoms with E-state index in [0.29, 0.717) is 0 Å². The first kappa shape index (κ1) is 12.4. The van der Waals surface area contributed by atoms with Gasteiger partial charge in [-0.3, -0.25) is 0 Å². The fourth-order valence-electron chi connectivity index (χ4n) is 2.29. The lowest BCUT2D eigenvalue weighted by Gasteiger charge is -2.30. The highest BCUT2D eigenvalue weighted by atomic mass is 15.1. The van der Waals surface area contributed by atoms with Gasteiger partial charge in [-0.25, -0.2) is 4.98 Å². The average molecular weight is 233 g/mol. The third kappa shape index (κ3) is 3.70. The Labute approximate surface area is 104 Å². The van der Waals surface area contributed by atoms with E-state index in [9.17, 15) is 0 Å². The lowest BCUT2D eigenvalue weighted by Crippen LogP contribution is -2.36. The Bertz CT molecular complexity index is 343. The van der Waals surface area contributed by atoms with E-state index in [1.807, 2.05) is 12.3 Å². The zero-order valence-corrected chi connectivity index (χ0v) is 10.9. The highest BCUT2D eigenvalue weighted by molar-refractivity contribution is 5.42. The summed E-state index contributed by atoms with van der Waals surface area (Å²) in [5, 5.41) is 3.42. The Kier molecular flexibility index (Phi) is 4.37. The molecule has 3 heteroatoms. The number of hydrogen-bond acceptors (Lipinski definition) is 3. The van der Waals surface area contributed by atoms with Gasteiger partial charge in [0.15, 0.2) is 0 Å². The molecule has 1 N–H and O–H groups in total. The van der Waals surface area contributed by atoms with Crippen LogP contribution in [0.5, 0.6) is 0 Å². The van der Waals surface area contributed by atoms with Gasteiger partial charge in [-0.1, -0.05) is 13.0 Å². The van der Waals surface area contributed by atoms with Crippen molar-refractivity contribution in [3.63, 3.8) is 0 Å². The molecule has 0 atom stereocenters. The molecule has 2 rings (SSSR count). The first-order chi connectivity index (χ1) is 8.25. The second-order valence-electron chi connectivity index (χ2n) is 5.12. The summed E-state index contributed by atoms with van der Waals surface area (Å²) < 4.78 is 0. The molecule has 2 heterocycles. The van der Waals surface area contributed by atoms with Crippen molar-refractivity contribution >= 4 is 5.82 Å². The van der Waals surface area contributed by atoms with Crippen LogP contribution in [-0.2, 0) is 0 Å². The molecule has 1 aliphatic heterocycles. The Morgan fingerprint density at radius 3 is 2.88 bits per heavy atom. The number of aromatic nitrogens is 1. The van der Waals surface area contributed by atoms with Crippen molar-refractivity contribution in [1.29, 1.82) is 0 Å². The van der Waals surface area contributed by atoms with Crippen molar-refractivity contribution in [2.75, 3.05) is 31.5 Å². The second-order valence-corrected chi connectivity index (χ2v) is 5.12. The quantitative estimate of drug-likeness (QED) is 0.866. The topological polar surface area (TPSA) is 28.2 Å². The molecule has 1 aromatic heterocycles. The molecule has 0 aliphatic carbocycles. The number of nitrogens with one attached hydrogen (secondary N) is 1. The summed E-state index contributed by atoms with van der Waals surface area (Å²) in [5.74, 6) is 1.94. The number of piperidine rings is 1. The van der Waals surface area contributed by atoms with Crippen LogP contribution >= 0.6 is 0 Å². The fourth-order valence-corrected chi connectivity index (χ4v) is 2.29.